The van der Waals surface area contributed by atoms with Crippen LogP contribution in [-0.4, -0.2) is 66.0 Å². The number of carboxylic acids is 1. The maximum absolute atomic E-state index is 12.9. The molecule has 0 saturated carbocycles. The lowest BCUT2D eigenvalue weighted by molar-refractivity contribution is -0.210. The monoisotopic (exact) mass is 394 g/mol. The number of methoxy groups -OCH3 is 2. The number of rotatable bonds is 8. The number of carboxylic acid groups (broad SMARTS) is 1. The van der Waals surface area contributed by atoms with Crippen LogP contribution in [0.25, 0.3) is 0 Å². The standard InChI is InChI=1S/C15H17F3N2O7/c1-8(21)27-13(20(7-11(22)23)14(24)15(16,17)18)12(26-3)9-4-5-19-10(6-9)25-2/h4-6,12-13H,7H2,1-3H3,(H,22,23). The maximum atomic E-state index is 12.9. The molecular weight excluding hydrogens is 377 g/mol. The molecule has 1 N–H and O–H groups in total. The zero-order chi connectivity index (χ0) is 20.8. The Labute approximate surface area is 151 Å². The van der Waals surface area contributed by atoms with Crippen LogP contribution in [0.15, 0.2) is 18.3 Å². The van der Waals surface area contributed by atoms with Gasteiger partial charge in [-0.25, -0.2) is 4.98 Å². The Bertz CT molecular complexity index is 696. The lowest BCUT2D eigenvalue weighted by atomic mass is 10.1. The fourth-order valence-corrected chi connectivity index (χ4v) is 2.18. The van der Waals surface area contributed by atoms with E-state index < -0.39 is 42.9 Å². The van der Waals surface area contributed by atoms with Gasteiger partial charge in [0.15, 0.2) is 0 Å². The van der Waals surface area contributed by atoms with Crippen LogP contribution in [-0.2, 0) is 23.9 Å². The number of nitrogens with zero attached hydrogens (tertiary/aromatic N) is 2. The number of carbonyl (C=O) groups excluding carboxylic acids is 2. The van der Waals surface area contributed by atoms with E-state index in [2.05, 4.69) is 4.98 Å². The zero-order valence-electron chi connectivity index (χ0n) is 14.5. The predicted octanol–water partition coefficient (Wildman–Crippen LogP) is 1.14. The molecule has 0 aliphatic rings. The van der Waals surface area contributed by atoms with E-state index in [4.69, 9.17) is 19.3 Å². The average molecular weight is 394 g/mol. The molecule has 9 nitrogen and oxygen atoms in total. The van der Waals surface area contributed by atoms with Crippen LogP contribution in [0.5, 0.6) is 5.88 Å². The first-order chi connectivity index (χ1) is 12.5. The highest BCUT2D eigenvalue weighted by Crippen LogP contribution is 2.30. The number of carbonyl (C=O) groups is 3. The zero-order valence-corrected chi connectivity index (χ0v) is 14.5. The molecule has 27 heavy (non-hydrogen) atoms. The number of aromatic nitrogens is 1. The van der Waals surface area contributed by atoms with Gasteiger partial charge < -0.3 is 19.3 Å². The Kier molecular flexibility index (Phi) is 7.52. The van der Waals surface area contributed by atoms with Gasteiger partial charge in [0.05, 0.1) is 7.11 Å². The maximum Gasteiger partial charge on any atom is 0.471 e. The number of hydrogen-bond donors (Lipinski definition) is 1. The molecular formula is C15H17F3N2O7. The van der Waals surface area contributed by atoms with Crippen LogP contribution in [0, 0.1) is 0 Å². The molecule has 1 amide bonds. The Hall–Kier alpha value is -2.89. The summed E-state index contributed by atoms with van der Waals surface area (Å²) in [6.07, 6.45) is -7.61. The van der Waals surface area contributed by atoms with Crippen molar-refractivity contribution < 1.29 is 46.9 Å². The first kappa shape index (κ1) is 22.2. The van der Waals surface area contributed by atoms with Gasteiger partial charge in [-0.15, -0.1) is 0 Å². The summed E-state index contributed by atoms with van der Waals surface area (Å²) >= 11 is 0. The van der Waals surface area contributed by atoms with Gasteiger partial charge in [0, 0.05) is 26.3 Å². The van der Waals surface area contributed by atoms with Crippen molar-refractivity contribution in [2.75, 3.05) is 20.8 Å². The van der Waals surface area contributed by atoms with Gasteiger partial charge in [-0.3, -0.25) is 19.3 Å². The number of aliphatic carboxylic acids is 1. The second kappa shape index (κ2) is 9.16. The lowest BCUT2D eigenvalue weighted by Crippen LogP contribution is -2.53. The minimum Gasteiger partial charge on any atom is -0.481 e. The number of halogens is 3. The van der Waals surface area contributed by atoms with Gasteiger partial charge >= 0.3 is 24.0 Å². The molecule has 0 aliphatic heterocycles. The third-order valence-electron chi connectivity index (χ3n) is 3.21. The average Bonchev–Trinajstić information content (AvgIpc) is 2.57. The first-order valence-electron chi connectivity index (χ1n) is 7.30. The van der Waals surface area contributed by atoms with Crippen LogP contribution in [0.4, 0.5) is 13.2 Å². The van der Waals surface area contributed by atoms with Crippen molar-refractivity contribution in [3.63, 3.8) is 0 Å². The summed E-state index contributed by atoms with van der Waals surface area (Å²) < 4.78 is 53.7. The molecule has 1 heterocycles. The number of ether oxygens (including phenoxy) is 3. The predicted molar refractivity (Wildman–Crippen MR) is 81.5 cm³/mol. The van der Waals surface area contributed by atoms with Crippen molar-refractivity contribution in [3.8, 4) is 5.88 Å². The molecule has 1 aromatic heterocycles. The Morgan fingerprint density at radius 1 is 1.30 bits per heavy atom. The van der Waals surface area contributed by atoms with Crippen molar-refractivity contribution in [2.24, 2.45) is 0 Å². The molecule has 2 atom stereocenters. The third-order valence-corrected chi connectivity index (χ3v) is 3.21. The molecule has 0 radical (unpaired) electrons. The molecule has 1 rings (SSSR count). The van der Waals surface area contributed by atoms with E-state index in [0.717, 1.165) is 14.0 Å². The van der Waals surface area contributed by atoms with Crippen LogP contribution < -0.4 is 4.74 Å². The second-order valence-electron chi connectivity index (χ2n) is 5.11. The smallest absolute Gasteiger partial charge is 0.471 e. The molecule has 2 unspecified atom stereocenters. The lowest BCUT2D eigenvalue weighted by Gasteiger charge is -2.34. The summed E-state index contributed by atoms with van der Waals surface area (Å²) in [5.41, 5.74) is 0.140. The molecule has 1 aromatic rings. The van der Waals surface area contributed by atoms with Crippen molar-refractivity contribution >= 4 is 17.8 Å². The van der Waals surface area contributed by atoms with Gasteiger partial charge in [-0.1, -0.05) is 0 Å². The van der Waals surface area contributed by atoms with Gasteiger partial charge in [0.2, 0.25) is 12.1 Å². The van der Waals surface area contributed by atoms with E-state index in [1.807, 2.05) is 0 Å². The quantitative estimate of drug-likeness (QED) is 0.516. The SMILES string of the molecule is COc1cc(C(OC)C(OC(C)=O)N(CC(=O)O)C(=O)C(F)(F)F)ccn1. The van der Waals surface area contributed by atoms with Crippen LogP contribution in [0.1, 0.15) is 18.6 Å². The highest BCUT2D eigenvalue weighted by Gasteiger charge is 2.48. The fourth-order valence-electron chi connectivity index (χ4n) is 2.18. The van der Waals surface area contributed by atoms with Crippen LogP contribution in [0.2, 0.25) is 0 Å². The summed E-state index contributed by atoms with van der Waals surface area (Å²) in [6, 6.07) is 2.60. The van der Waals surface area contributed by atoms with Crippen LogP contribution in [0.3, 0.4) is 0 Å². The number of esters is 1. The van der Waals surface area contributed by atoms with E-state index in [9.17, 15) is 27.6 Å². The summed E-state index contributed by atoms with van der Waals surface area (Å²) in [4.78, 5) is 37.9. The van der Waals surface area contributed by atoms with Gasteiger partial charge in [-0.2, -0.15) is 13.2 Å². The minimum absolute atomic E-state index is 0.0723. The molecule has 0 bridgehead atoms. The van der Waals surface area contributed by atoms with Crippen molar-refractivity contribution in [1.29, 1.82) is 0 Å². The molecule has 0 fully saturated rings. The number of pyridine rings is 1. The van der Waals surface area contributed by atoms with Gasteiger partial charge in [0.25, 0.3) is 0 Å². The van der Waals surface area contributed by atoms with Gasteiger partial charge in [0.1, 0.15) is 12.6 Å². The molecule has 150 valence electrons. The van der Waals surface area contributed by atoms with Crippen molar-refractivity contribution in [3.05, 3.63) is 23.9 Å². The topological polar surface area (TPSA) is 115 Å². The Morgan fingerprint density at radius 2 is 1.93 bits per heavy atom. The normalized spacial score (nSPS) is 13.4. The fraction of sp³-hybridized carbons (Fsp3) is 0.467. The molecule has 12 heteroatoms. The number of amides is 1. The largest absolute Gasteiger partial charge is 0.481 e. The molecule has 0 spiro atoms. The molecule has 0 saturated heterocycles. The van der Waals surface area contributed by atoms with Crippen molar-refractivity contribution in [1.82, 2.24) is 9.88 Å². The van der Waals surface area contributed by atoms with Crippen molar-refractivity contribution in [2.45, 2.75) is 25.4 Å². The van der Waals surface area contributed by atoms with E-state index in [1.165, 1.54) is 25.4 Å². The first-order valence-corrected chi connectivity index (χ1v) is 7.30. The van der Waals surface area contributed by atoms with E-state index in [1.54, 1.807) is 0 Å². The van der Waals surface area contributed by atoms with Crippen LogP contribution >= 0.6 is 0 Å². The highest BCUT2D eigenvalue weighted by atomic mass is 19.4. The molecule has 0 aromatic carbocycles. The van der Waals surface area contributed by atoms with Gasteiger partial charge in [-0.05, 0) is 11.6 Å². The highest BCUT2D eigenvalue weighted by molar-refractivity contribution is 5.86. The summed E-state index contributed by atoms with van der Waals surface area (Å²) in [7, 11) is 2.38. The Balaban J connectivity index is 3.45. The summed E-state index contributed by atoms with van der Waals surface area (Å²) in [5, 5.41) is 8.92. The molecule has 0 aliphatic carbocycles. The number of hydrogen-bond acceptors (Lipinski definition) is 7. The second-order valence-corrected chi connectivity index (χ2v) is 5.11. The summed E-state index contributed by atoms with van der Waals surface area (Å²) in [5.74, 6) is -5.22. The Morgan fingerprint density at radius 3 is 2.37 bits per heavy atom. The minimum atomic E-state index is -5.40. The van der Waals surface area contributed by atoms with E-state index >= 15 is 0 Å². The van der Waals surface area contributed by atoms with E-state index in [-0.39, 0.29) is 16.3 Å². The third kappa shape index (κ3) is 6.09. The number of alkyl halides is 3. The van der Waals surface area contributed by atoms with E-state index in [0.29, 0.717) is 0 Å². The summed E-state index contributed by atoms with van der Waals surface area (Å²) in [6.45, 7) is -0.484.